The first-order valence-corrected chi connectivity index (χ1v) is 7.40. The first kappa shape index (κ1) is 17.0. The maximum Gasteiger partial charge on any atom is 0.161 e. The minimum absolute atomic E-state index is 0.412. The molecule has 0 N–H and O–H groups in total. The summed E-state index contributed by atoms with van der Waals surface area (Å²) in [5.74, 6) is 0.594. The summed E-state index contributed by atoms with van der Waals surface area (Å²) in [6.45, 7) is 8.00. The van der Waals surface area contributed by atoms with E-state index in [4.69, 9.17) is 11.6 Å². The van der Waals surface area contributed by atoms with Gasteiger partial charge in [-0.3, -0.25) is 9.97 Å². The Labute approximate surface area is 130 Å². The van der Waals surface area contributed by atoms with Crippen LogP contribution < -0.4 is 0 Å². The summed E-state index contributed by atoms with van der Waals surface area (Å²) >= 11 is 6.11. The van der Waals surface area contributed by atoms with E-state index in [9.17, 15) is 0 Å². The Hall–Kier alpha value is -2.07. The number of hydrogen-bond donors (Lipinski definition) is 0. The van der Waals surface area contributed by atoms with Gasteiger partial charge in [0.15, 0.2) is 5.82 Å². The van der Waals surface area contributed by atoms with Crippen LogP contribution in [0.5, 0.6) is 0 Å². The van der Waals surface area contributed by atoms with Crippen molar-refractivity contribution in [2.24, 2.45) is 0 Å². The Bertz CT molecular complexity index is 671. The lowest BCUT2D eigenvalue weighted by Crippen LogP contribution is -1.92. The number of aromatic nitrogens is 4. The molecule has 5 heteroatoms. The quantitative estimate of drug-likeness (QED) is 0.606. The van der Waals surface area contributed by atoms with Crippen LogP contribution in [0.1, 0.15) is 27.7 Å². The maximum atomic E-state index is 6.11. The van der Waals surface area contributed by atoms with Crippen molar-refractivity contribution in [2.75, 3.05) is 0 Å². The van der Waals surface area contributed by atoms with Gasteiger partial charge in [-0.05, 0) is 18.2 Å². The van der Waals surface area contributed by atoms with E-state index >= 15 is 0 Å². The number of rotatable bonds is 1. The normalized spacial score (nSPS) is 9.19. The third-order valence-corrected chi connectivity index (χ3v) is 2.68. The van der Waals surface area contributed by atoms with Crippen molar-refractivity contribution in [1.82, 2.24) is 19.9 Å². The van der Waals surface area contributed by atoms with Gasteiger partial charge in [0, 0.05) is 30.4 Å². The molecular weight excluding hydrogens is 284 g/mol. The van der Waals surface area contributed by atoms with Gasteiger partial charge in [-0.15, -0.1) is 0 Å². The van der Waals surface area contributed by atoms with E-state index in [1.807, 2.05) is 45.9 Å². The van der Waals surface area contributed by atoms with E-state index in [2.05, 4.69) is 19.9 Å². The molecule has 4 nitrogen and oxygen atoms in total. The van der Waals surface area contributed by atoms with Crippen LogP contribution >= 0.6 is 11.6 Å². The molecule has 0 spiro atoms. The van der Waals surface area contributed by atoms with Crippen molar-refractivity contribution in [3.63, 3.8) is 0 Å². The second-order valence-corrected chi connectivity index (χ2v) is 3.82. The molecule has 3 aromatic rings. The predicted octanol–water partition coefficient (Wildman–Crippen LogP) is 4.79. The molecule has 0 amide bonds. The Kier molecular flexibility index (Phi) is 7.26. The molecule has 3 rings (SSSR count). The third kappa shape index (κ3) is 4.20. The molecule has 0 fully saturated rings. The van der Waals surface area contributed by atoms with E-state index < -0.39 is 0 Å². The summed E-state index contributed by atoms with van der Waals surface area (Å²) in [5.41, 5.74) is 1.67. The average molecular weight is 303 g/mol. The summed E-state index contributed by atoms with van der Waals surface area (Å²) in [5, 5.41) is 1.17. The molecule has 0 aliphatic carbocycles. The molecule has 0 bridgehead atoms. The van der Waals surface area contributed by atoms with Gasteiger partial charge in [-0.2, -0.15) is 0 Å². The molecule has 0 radical (unpaired) electrons. The average Bonchev–Trinajstić information content (AvgIpc) is 2.59. The minimum atomic E-state index is 0.412. The highest BCUT2D eigenvalue weighted by atomic mass is 35.5. The number of hydrogen-bond acceptors (Lipinski definition) is 4. The van der Waals surface area contributed by atoms with Gasteiger partial charge < -0.3 is 0 Å². The summed E-state index contributed by atoms with van der Waals surface area (Å²) in [4.78, 5) is 16.7. The molecule has 0 saturated carbocycles. The highest BCUT2D eigenvalue weighted by Crippen LogP contribution is 2.23. The van der Waals surface area contributed by atoms with Crippen molar-refractivity contribution in [1.29, 1.82) is 0 Å². The lowest BCUT2D eigenvalue weighted by Gasteiger charge is -2.03. The van der Waals surface area contributed by atoms with E-state index in [-0.39, 0.29) is 0 Å². The van der Waals surface area contributed by atoms with E-state index in [0.29, 0.717) is 11.0 Å². The number of fused-ring (bicyclic) bond motifs is 1. The fourth-order valence-corrected chi connectivity index (χ4v) is 1.79. The second kappa shape index (κ2) is 8.97. The van der Waals surface area contributed by atoms with Gasteiger partial charge in [-0.1, -0.05) is 39.3 Å². The zero-order chi connectivity index (χ0) is 15.7. The minimum Gasteiger partial charge on any atom is -0.265 e. The maximum absolute atomic E-state index is 6.11. The van der Waals surface area contributed by atoms with Crippen LogP contribution in [-0.2, 0) is 0 Å². The number of nitrogens with zero attached hydrogens (tertiary/aromatic N) is 4. The van der Waals surface area contributed by atoms with Crippen LogP contribution in [0.3, 0.4) is 0 Å². The van der Waals surface area contributed by atoms with Crippen molar-refractivity contribution >= 4 is 22.5 Å². The zero-order valence-corrected chi connectivity index (χ0v) is 13.5. The summed E-state index contributed by atoms with van der Waals surface area (Å²) in [6.07, 6.45) is 6.74. The standard InChI is InChI=1S/C12H7ClN4.2C2H6/c13-11-9-7-15-6-3-10(9)16-12(17-11)8-1-4-14-5-2-8;2*1-2/h1-7H;2*1-2H3. The molecule has 0 unspecified atom stereocenters. The summed E-state index contributed by atoms with van der Waals surface area (Å²) in [7, 11) is 0. The van der Waals surface area contributed by atoms with Gasteiger partial charge in [0.25, 0.3) is 0 Å². The molecule has 21 heavy (non-hydrogen) atoms. The Balaban J connectivity index is 0.000000510. The number of pyridine rings is 2. The van der Waals surface area contributed by atoms with Gasteiger partial charge in [0.1, 0.15) is 5.15 Å². The molecule has 3 heterocycles. The molecule has 0 saturated heterocycles. The van der Waals surface area contributed by atoms with Crippen LogP contribution in [0.25, 0.3) is 22.3 Å². The first-order chi connectivity index (χ1) is 10.3. The predicted molar refractivity (Wildman–Crippen MR) is 88.3 cm³/mol. The topological polar surface area (TPSA) is 51.6 Å². The van der Waals surface area contributed by atoms with E-state index in [0.717, 1.165) is 16.5 Å². The van der Waals surface area contributed by atoms with Crippen LogP contribution in [0.2, 0.25) is 5.15 Å². The van der Waals surface area contributed by atoms with Gasteiger partial charge in [0.05, 0.1) is 10.9 Å². The highest BCUT2D eigenvalue weighted by molar-refractivity contribution is 6.34. The molecule has 110 valence electrons. The first-order valence-electron chi connectivity index (χ1n) is 7.02. The lowest BCUT2D eigenvalue weighted by atomic mass is 10.2. The van der Waals surface area contributed by atoms with Crippen LogP contribution in [0.4, 0.5) is 0 Å². The van der Waals surface area contributed by atoms with Crippen molar-refractivity contribution in [3.05, 3.63) is 48.1 Å². The Morgan fingerprint density at radius 2 is 1.43 bits per heavy atom. The van der Waals surface area contributed by atoms with E-state index in [1.54, 1.807) is 24.8 Å². The van der Waals surface area contributed by atoms with Gasteiger partial charge in [0.2, 0.25) is 0 Å². The molecule has 0 atom stereocenters. The fraction of sp³-hybridized carbons (Fsp3) is 0.250. The fourth-order valence-electron chi connectivity index (χ4n) is 1.57. The van der Waals surface area contributed by atoms with Gasteiger partial charge >= 0.3 is 0 Å². The van der Waals surface area contributed by atoms with Crippen LogP contribution in [-0.4, -0.2) is 19.9 Å². The zero-order valence-electron chi connectivity index (χ0n) is 12.7. The van der Waals surface area contributed by atoms with Gasteiger partial charge in [-0.25, -0.2) is 9.97 Å². The smallest absolute Gasteiger partial charge is 0.161 e. The third-order valence-electron chi connectivity index (χ3n) is 2.39. The Morgan fingerprint density at radius 1 is 0.810 bits per heavy atom. The van der Waals surface area contributed by atoms with E-state index in [1.165, 1.54) is 0 Å². The lowest BCUT2D eigenvalue weighted by molar-refractivity contribution is 1.20. The SMILES string of the molecule is CC.CC.Clc1nc(-c2ccncc2)nc2ccncc12. The summed E-state index contributed by atoms with van der Waals surface area (Å²) in [6, 6.07) is 5.50. The summed E-state index contributed by atoms with van der Waals surface area (Å²) < 4.78 is 0. The van der Waals surface area contributed by atoms with Crippen molar-refractivity contribution < 1.29 is 0 Å². The molecule has 0 aromatic carbocycles. The molecular formula is C16H19ClN4. The second-order valence-electron chi connectivity index (χ2n) is 3.47. The largest absolute Gasteiger partial charge is 0.265 e. The van der Waals surface area contributed by atoms with Crippen LogP contribution in [0.15, 0.2) is 43.0 Å². The van der Waals surface area contributed by atoms with Crippen LogP contribution in [0, 0.1) is 0 Å². The Morgan fingerprint density at radius 3 is 2.10 bits per heavy atom. The highest BCUT2D eigenvalue weighted by Gasteiger charge is 2.07. The number of halogens is 1. The van der Waals surface area contributed by atoms with Crippen molar-refractivity contribution in [2.45, 2.75) is 27.7 Å². The molecule has 0 aliphatic rings. The molecule has 3 aromatic heterocycles. The molecule has 0 aliphatic heterocycles. The monoisotopic (exact) mass is 302 g/mol. The van der Waals surface area contributed by atoms with Crippen molar-refractivity contribution in [3.8, 4) is 11.4 Å².